The van der Waals surface area contributed by atoms with Gasteiger partial charge >= 0.3 is 0 Å². The average molecular weight is 298 g/mol. The van der Waals surface area contributed by atoms with Crippen LogP contribution in [0.5, 0.6) is 11.5 Å². The molecule has 1 heterocycles. The summed E-state index contributed by atoms with van der Waals surface area (Å²) < 4.78 is 5.65. The zero-order valence-corrected chi connectivity index (χ0v) is 11.6. The minimum Gasteiger partial charge on any atom is -0.457 e. The molecule has 0 saturated carbocycles. The van der Waals surface area contributed by atoms with E-state index in [1.54, 1.807) is 29.7 Å². The van der Waals surface area contributed by atoms with Crippen molar-refractivity contribution in [3.8, 4) is 22.1 Å². The monoisotopic (exact) mass is 298 g/mol. The molecule has 3 rings (SSSR count). The fourth-order valence-electron chi connectivity index (χ4n) is 1.80. The van der Waals surface area contributed by atoms with Crippen molar-refractivity contribution in [2.75, 3.05) is 0 Å². The Kier molecular flexibility index (Phi) is 3.61. The van der Waals surface area contributed by atoms with E-state index in [4.69, 9.17) is 4.74 Å². The Bertz CT molecular complexity index is 738. The van der Waals surface area contributed by atoms with Gasteiger partial charge in [-0.3, -0.25) is 10.1 Å². The lowest BCUT2D eigenvalue weighted by molar-refractivity contribution is -0.384. The van der Waals surface area contributed by atoms with E-state index in [0.29, 0.717) is 11.5 Å². The number of nitro benzene ring substituents is 1. The van der Waals surface area contributed by atoms with Crippen molar-refractivity contribution in [2.45, 2.75) is 0 Å². The molecule has 3 aromatic rings. The summed E-state index contributed by atoms with van der Waals surface area (Å²) in [6, 6.07) is 13.5. The van der Waals surface area contributed by atoms with Gasteiger partial charge in [0.25, 0.3) is 5.69 Å². The Hall–Kier alpha value is -2.73. The van der Waals surface area contributed by atoms with Crippen molar-refractivity contribution >= 4 is 17.0 Å². The van der Waals surface area contributed by atoms with Crippen molar-refractivity contribution in [3.63, 3.8) is 0 Å². The molecule has 0 aliphatic carbocycles. The van der Waals surface area contributed by atoms with Gasteiger partial charge < -0.3 is 4.74 Å². The van der Waals surface area contributed by atoms with Gasteiger partial charge in [0.05, 0.1) is 4.92 Å². The van der Waals surface area contributed by atoms with Crippen LogP contribution in [0.1, 0.15) is 0 Å². The third kappa shape index (κ3) is 3.06. The van der Waals surface area contributed by atoms with Crippen LogP contribution in [0, 0.1) is 10.1 Å². The predicted octanol–water partition coefficient (Wildman–Crippen LogP) is 4.51. The molecule has 0 amide bonds. The van der Waals surface area contributed by atoms with Crippen LogP contribution in [0.15, 0.2) is 60.1 Å². The van der Waals surface area contributed by atoms with E-state index in [2.05, 4.69) is 4.98 Å². The summed E-state index contributed by atoms with van der Waals surface area (Å²) in [7, 11) is 0. The first kappa shape index (κ1) is 13.3. The van der Waals surface area contributed by atoms with Crippen LogP contribution in [0.4, 0.5) is 5.69 Å². The number of ether oxygens (including phenoxy) is 1. The molecular formula is C15H10N2O3S. The normalized spacial score (nSPS) is 10.3. The second-order valence-electron chi connectivity index (χ2n) is 4.21. The number of non-ortho nitro benzene ring substituents is 1. The van der Waals surface area contributed by atoms with E-state index in [0.717, 1.165) is 10.6 Å². The van der Waals surface area contributed by atoms with E-state index in [-0.39, 0.29) is 5.69 Å². The minimum atomic E-state index is -0.438. The maximum absolute atomic E-state index is 10.6. The van der Waals surface area contributed by atoms with Gasteiger partial charge in [-0.25, -0.2) is 4.98 Å². The molecule has 0 fully saturated rings. The van der Waals surface area contributed by atoms with Gasteiger partial charge in [0.1, 0.15) is 16.5 Å². The molecule has 5 nitrogen and oxygen atoms in total. The third-order valence-corrected chi connectivity index (χ3v) is 3.64. The van der Waals surface area contributed by atoms with Crippen LogP contribution in [0.2, 0.25) is 0 Å². The van der Waals surface area contributed by atoms with Crippen LogP contribution in [0.25, 0.3) is 10.6 Å². The van der Waals surface area contributed by atoms with Gasteiger partial charge in [-0.15, -0.1) is 11.3 Å². The molecule has 0 aliphatic rings. The van der Waals surface area contributed by atoms with Crippen LogP contribution in [0.3, 0.4) is 0 Å². The predicted molar refractivity (Wildman–Crippen MR) is 80.7 cm³/mol. The van der Waals surface area contributed by atoms with E-state index in [1.807, 2.05) is 29.6 Å². The van der Waals surface area contributed by atoms with Gasteiger partial charge in [-0.1, -0.05) is 0 Å². The van der Waals surface area contributed by atoms with Gasteiger partial charge in [0.15, 0.2) is 0 Å². The SMILES string of the molecule is O=[N+]([O-])c1ccc(Oc2ccc(-c3nccs3)cc2)cc1. The molecule has 0 saturated heterocycles. The highest BCUT2D eigenvalue weighted by atomic mass is 32.1. The Balaban J connectivity index is 1.74. The number of benzene rings is 2. The fourth-order valence-corrected chi connectivity index (χ4v) is 2.45. The van der Waals surface area contributed by atoms with Gasteiger partial charge in [-0.05, 0) is 36.4 Å². The van der Waals surface area contributed by atoms with Crippen LogP contribution in [-0.2, 0) is 0 Å². The molecule has 0 spiro atoms. The lowest BCUT2D eigenvalue weighted by Crippen LogP contribution is -1.88. The Morgan fingerprint density at radius 2 is 1.62 bits per heavy atom. The van der Waals surface area contributed by atoms with E-state index in [1.165, 1.54) is 12.1 Å². The molecule has 104 valence electrons. The first-order valence-corrected chi connectivity index (χ1v) is 7.02. The van der Waals surface area contributed by atoms with Crippen molar-refractivity contribution in [2.24, 2.45) is 0 Å². The zero-order chi connectivity index (χ0) is 14.7. The minimum absolute atomic E-state index is 0.0430. The maximum atomic E-state index is 10.6. The number of aromatic nitrogens is 1. The Labute approximate surface area is 124 Å². The van der Waals surface area contributed by atoms with Crippen LogP contribution < -0.4 is 4.74 Å². The number of thiazole rings is 1. The molecule has 0 atom stereocenters. The summed E-state index contributed by atoms with van der Waals surface area (Å²) >= 11 is 1.57. The Morgan fingerprint density at radius 1 is 1.00 bits per heavy atom. The average Bonchev–Trinajstić information content (AvgIpc) is 3.03. The van der Waals surface area contributed by atoms with Crippen molar-refractivity contribution < 1.29 is 9.66 Å². The summed E-state index contributed by atoms with van der Waals surface area (Å²) in [5, 5.41) is 13.5. The number of hydrogen-bond donors (Lipinski definition) is 0. The van der Waals surface area contributed by atoms with Gasteiger partial charge in [-0.2, -0.15) is 0 Å². The summed E-state index contributed by atoms with van der Waals surface area (Å²) in [6.07, 6.45) is 1.77. The first-order valence-electron chi connectivity index (χ1n) is 6.14. The molecule has 0 bridgehead atoms. The van der Waals surface area contributed by atoms with E-state index < -0.39 is 4.92 Å². The molecule has 0 unspecified atom stereocenters. The highest BCUT2D eigenvalue weighted by Crippen LogP contribution is 2.27. The molecule has 0 radical (unpaired) electrons. The highest BCUT2D eigenvalue weighted by Gasteiger charge is 2.05. The third-order valence-electron chi connectivity index (χ3n) is 2.82. The second kappa shape index (κ2) is 5.72. The van der Waals surface area contributed by atoms with E-state index in [9.17, 15) is 10.1 Å². The van der Waals surface area contributed by atoms with Gasteiger partial charge in [0.2, 0.25) is 0 Å². The van der Waals surface area contributed by atoms with E-state index >= 15 is 0 Å². The van der Waals surface area contributed by atoms with Crippen molar-refractivity contribution in [1.29, 1.82) is 0 Å². The quantitative estimate of drug-likeness (QED) is 0.525. The Morgan fingerprint density at radius 3 is 2.14 bits per heavy atom. The van der Waals surface area contributed by atoms with Crippen LogP contribution in [-0.4, -0.2) is 9.91 Å². The standard InChI is InChI=1S/C15H10N2O3S/c18-17(19)12-3-7-14(8-4-12)20-13-5-1-11(2-6-13)15-16-9-10-21-15/h1-10H. The zero-order valence-electron chi connectivity index (χ0n) is 10.8. The number of nitro groups is 1. The maximum Gasteiger partial charge on any atom is 0.269 e. The number of rotatable bonds is 4. The largest absolute Gasteiger partial charge is 0.457 e. The molecule has 6 heteroatoms. The molecular weight excluding hydrogens is 288 g/mol. The lowest BCUT2D eigenvalue weighted by atomic mass is 10.2. The second-order valence-corrected chi connectivity index (χ2v) is 5.11. The van der Waals surface area contributed by atoms with Crippen molar-refractivity contribution in [1.82, 2.24) is 4.98 Å². The fraction of sp³-hybridized carbons (Fsp3) is 0. The van der Waals surface area contributed by atoms with Crippen LogP contribution >= 0.6 is 11.3 Å². The smallest absolute Gasteiger partial charge is 0.269 e. The lowest BCUT2D eigenvalue weighted by Gasteiger charge is -2.05. The van der Waals surface area contributed by atoms with Crippen molar-refractivity contribution in [3.05, 3.63) is 70.2 Å². The molecule has 21 heavy (non-hydrogen) atoms. The summed E-state index contributed by atoms with van der Waals surface area (Å²) in [5.41, 5.74) is 1.07. The summed E-state index contributed by atoms with van der Waals surface area (Å²) in [4.78, 5) is 14.4. The summed E-state index contributed by atoms with van der Waals surface area (Å²) in [5.74, 6) is 1.23. The topological polar surface area (TPSA) is 65.3 Å². The molecule has 0 N–H and O–H groups in total. The number of hydrogen-bond acceptors (Lipinski definition) is 5. The van der Waals surface area contributed by atoms with Gasteiger partial charge in [0, 0.05) is 29.3 Å². The molecule has 1 aromatic heterocycles. The molecule has 0 aliphatic heterocycles. The molecule has 2 aromatic carbocycles. The highest BCUT2D eigenvalue weighted by molar-refractivity contribution is 7.13. The number of nitrogens with zero attached hydrogens (tertiary/aromatic N) is 2. The summed E-state index contributed by atoms with van der Waals surface area (Å²) in [6.45, 7) is 0. The first-order chi connectivity index (χ1) is 10.2.